The second-order valence-electron chi connectivity index (χ2n) is 5.72. The lowest BCUT2D eigenvalue weighted by Gasteiger charge is -2.24. The van der Waals surface area contributed by atoms with E-state index in [0.29, 0.717) is 19.4 Å². The van der Waals surface area contributed by atoms with Crippen molar-refractivity contribution in [3.63, 3.8) is 0 Å². The molecule has 6 heteroatoms. The molecule has 1 aliphatic rings. The summed E-state index contributed by atoms with van der Waals surface area (Å²) >= 11 is 0. The van der Waals surface area contributed by atoms with Gasteiger partial charge in [-0.1, -0.05) is 6.42 Å². The Morgan fingerprint density at radius 3 is 2.71 bits per heavy atom. The minimum Gasteiger partial charge on any atom is -0.481 e. The van der Waals surface area contributed by atoms with Crippen LogP contribution in [0.2, 0.25) is 0 Å². The van der Waals surface area contributed by atoms with Crippen molar-refractivity contribution in [2.45, 2.75) is 25.3 Å². The molecule has 1 aromatic heterocycles. The second-order valence-corrected chi connectivity index (χ2v) is 5.72. The van der Waals surface area contributed by atoms with Crippen LogP contribution in [0.3, 0.4) is 0 Å². The molecule has 2 N–H and O–H groups in total. The van der Waals surface area contributed by atoms with E-state index in [1.165, 1.54) is 0 Å². The van der Waals surface area contributed by atoms with Crippen molar-refractivity contribution in [2.75, 3.05) is 20.6 Å². The topological polar surface area (TPSA) is 82.8 Å². The number of hydrogen-bond donors (Lipinski definition) is 2. The summed E-state index contributed by atoms with van der Waals surface area (Å²) in [5.74, 6) is -1.23. The van der Waals surface area contributed by atoms with Gasteiger partial charge < -0.3 is 14.8 Å². The molecule has 1 saturated carbocycles. The third-order valence-electron chi connectivity index (χ3n) is 4.13. The molecular formula is C15H22N2O4. The number of nitrogens with one attached hydrogen (secondary N) is 1. The standard InChI is InChI=1S/C15H22N2O4/c1-17(2)12(13-7-4-8-21-13)9-16-14(18)10-5-3-6-11(10)15(19)20/h4,7-8,10-12H,3,5-6,9H2,1-2H3,(H,16,18)(H,19,20)/t10-,11+,12?/m1/s1. The van der Waals surface area contributed by atoms with Gasteiger partial charge in [-0.25, -0.2) is 0 Å². The largest absolute Gasteiger partial charge is 0.481 e. The first-order valence-electron chi connectivity index (χ1n) is 7.21. The van der Waals surface area contributed by atoms with Crippen molar-refractivity contribution in [1.29, 1.82) is 0 Å². The monoisotopic (exact) mass is 294 g/mol. The third kappa shape index (κ3) is 3.64. The van der Waals surface area contributed by atoms with Crippen molar-refractivity contribution >= 4 is 11.9 Å². The molecule has 1 amide bonds. The van der Waals surface area contributed by atoms with Crippen LogP contribution in [-0.2, 0) is 9.59 Å². The minimum atomic E-state index is -0.872. The highest BCUT2D eigenvalue weighted by Crippen LogP contribution is 2.32. The number of carbonyl (C=O) groups is 2. The Kier molecular flexibility index (Phi) is 5.01. The summed E-state index contributed by atoms with van der Waals surface area (Å²) in [6.07, 6.45) is 3.63. The van der Waals surface area contributed by atoms with Gasteiger partial charge in [-0.05, 0) is 39.1 Å². The van der Waals surface area contributed by atoms with E-state index in [0.717, 1.165) is 12.2 Å². The van der Waals surface area contributed by atoms with Crippen molar-refractivity contribution in [3.05, 3.63) is 24.2 Å². The van der Waals surface area contributed by atoms with Gasteiger partial charge in [0.15, 0.2) is 0 Å². The lowest BCUT2D eigenvalue weighted by Crippen LogP contribution is -2.39. The molecule has 1 fully saturated rings. The quantitative estimate of drug-likeness (QED) is 0.831. The van der Waals surface area contributed by atoms with Crippen molar-refractivity contribution in [2.24, 2.45) is 11.8 Å². The van der Waals surface area contributed by atoms with Crippen LogP contribution in [0.1, 0.15) is 31.1 Å². The summed E-state index contributed by atoms with van der Waals surface area (Å²) in [5, 5.41) is 12.0. The number of amides is 1. The summed E-state index contributed by atoms with van der Waals surface area (Å²) in [4.78, 5) is 25.3. The molecule has 0 aliphatic heterocycles. The molecule has 0 aromatic carbocycles. The number of furan rings is 1. The van der Waals surface area contributed by atoms with Crippen molar-refractivity contribution < 1.29 is 19.1 Å². The predicted molar refractivity (Wildman–Crippen MR) is 76.6 cm³/mol. The molecule has 0 bridgehead atoms. The third-order valence-corrected chi connectivity index (χ3v) is 4.13. The molecule has 1 unspecified atom stereocenters. The number of likely N-dealkylation sites (N-methyl/N-ethyl adjacent to an activating group) is 1. The van der Waals surface area contributed by atoms with Crippen LogP contribution in [0.15, 0.2) is 22.8 Å². The normalized spacial score (nSPS) is 23.2. The maximum atomic E-state index is 12.2. The highest BCUT2D eigenvalue weighted by Gasteiger charge is 2.37. The number of hydrogen-bond acceptors (Lipinski definition) is 4. The van der Waals surface area contributed by atoms with Crippen LogP contribution in [0.25, 0.3) is 0 Å². The number of aliphatic carboxylic acids is 1. The molecule has 0 radical (unpaired) electrons. The van der Waals surface area contributed by atoms with E-state index in [4.69, 9.17) is 9.52 Å². The fourth-order valence-electron chi connectivity index (χ4n) is 2.92. The van der Waals surface area contributed by atoms with E-state index >= 15 is 0 Å². The van der Waals surface area contributed by atoms with E-state index in [-0.39, 0.29) is 11.9 Å². The van der Waals surface area contributed by atoms with Gasteiger partial charge in [0, 0.05) is 6.54 Å². The molecule has 0 saturated heterocycles. The van der Waals surface area contributed by atoms with Crippen LogP contribution >= 0.6 is 0 Å². The maximum absolute atomic E-state index is 12.2. The molecule has 2 rings (SSSR count). The highest BCUT2D eigenvalue weighted by atomic mass is 16.4. The van der Waals surface area contributed by atoms with Gasteiger partial charge in [0.05, 0.1) is 24.1 Å². The summed E-state index contributed by atoms with van der Waals surface area (Å²) in [6, 6.07) is 3.62. The molecule has 0 spiro atoms. The van der Waals surface area contributed by atoms with E-state index in [1.54, 1.807) is 6.26 Å². The average Bonchev–Trinajstić information content (AvgIpc) is 3.09. The van der Waals surface area contributed by atoms with Gasteiger partial charge >= 0.3 is 5.97 Å². The Morgan fingerprint density at radius 1 is 1.43 bits per heavy atom. The maximum Gasteiger partial charge on any atom is 0.307 e. The fourth-order valence-corrected chi connectivity index (χ4v) is 2.92. The first-order chi connectivity index (χ1) is 10.0. The molecule has 1 aromatic rings. The van der Waals surface area contributed by atoms with E-state index in [2.05, 4.69) is 5.32 Å². The summed E-state index contributed by atoms with van der Waals surface area (Å²) in [6.45, 7) is 0.405. The Balaban J connectivity index is 1.95. The van der Waals surface area contributed by atoms with Gasteiger partial charge in [0.2, 0.25) is 5.91 Å². The number of carbonyl (C=O) groups excluding carboxylic acids is 1. The molecule has 1 heterocycles. The molecule has 21 heavy (non-hydrogen) atoms. The molecule has 6 nitrogen and oxygen atoms in total. The highest BCUT2D eigenvalue weighted by molar-refractivity contribution is 5.85. The number of nitrogens with zero attached hydrogens (tertiary/aromatic N) is 1. The zero-order valence-electron chi connectivity index (χ0n) is 12.4. The molecule has 116 valence electrons. The number of rotatable bonds is 6. The average molecular weight is 294 g/mol. The van der Waals surface area contributed by atoms with E-state index < -0.39 is 17.8 Å². The zero-order chi connectivity index (χ0) is 15.4. The van der Waals surface area contributed by atoms with Crippen LogP contribution in [0.5, 0.6) is 0 Å². The van der Waals surface area contributed by atoms with Crippen LogP contribution in [0, 0.1) is 11.8 Å². The van der Waals surface area contributed by atoms with Crippen molar-refractivity contribution in [1.82, 2.24) is 10.2 Å². The Bertz CT molecular complexity index is 484. The van der Waals surface area contributed by atoms with Gasteiger partial charge in [0.25, 0.3) is 0 Å². The summed E-state index contributed by atoms with van der Waals surface area (Å²) in [5.41, 5.74) is 0. The SMILES string of the molecule is CN(C)C(CNC(=O)[C@@H]1CCC[C@@H]1C(=O)O)c1ccco1. The van der Waals surface area contributed by atoms with Crippen LogP contribution < -0.4 is 5.32 Å². The lowest BCUT2D eigenvalue weighted by atomic mass is 9.95. The molecular weight excluding hydrogens is 272 g/mol. The summed E-state index contributed by atoms with van der Waals surface area (Å²) in [7, 11) is 3.82. The second kappa shape index (κ2) is 6.76. The first kappa shape index (κ1) is 15.6. The van der Waals surface area contributed by atoms with Gasteiger partial charge in [-0.3, -0.25) is 14.5 Å². The fraction of sp³-hybridized carbons (Fsp3) is 0.600. The van der Waals surface area contributed by atoms with E-state index in [9.17, 15) is 9.59 Å². The van der Waals surface area contributed by atoms with Gasteiger partial charge in [0.1, 0.15) is 5.76 Å². The lowest BCUT2D eigenvalue weighted by molar-refractivity contribution is -0.146. The molecule has 1 aliphatic carbocycles. The first-order valence-corrected chi connectivity index (χ1v) is 7.21. The smallest absolute Gasteiger partial charge is 0.307 e. The van der Waals surface area contributed by atoms with Crippen LogP contribution in [-0.4, -0.2) is 42.5 Å². The number of carboxylic acids is 1. The Hall–Kier alpha value is -1.82. The zero-order valence-corrected chi connectivity index (χ0v) is 12.4. The number of carboxylic acid groups (broad SMARTS) is 1. The van der Waals surface area contributed by atoms with E-state index in [1.807, 2.05) is 31.1 Å². The Morgan fingerprint density at radius 2 is 2.14 bits per heavy atom. The Labute approximate surface area is 124 Å². The van der Waals surface area contributed by atoms with Gasteiger partial charge in [-0.15, -0.1) is 0 Å². The predicted octanol–water partition coefficient (Wildman–Crippen LogP) is 1.50. The van der Waals surface area contributed by atoms with Crippen molar-refractivity contribution in [3.8, 4) is 0 Å². The minimum absolute atomic E-state index is 0.0615. The summed E-state index contributed by atoms with van der Waals surface area (Å²) < 4.78 is 5.39. The van der Waals surface area contributed by atoms with Crippen LogP contribution in [0.4, 0.5) is 0 Å². The van der Waals surface area contributed by atoms with Gasteiger partial charge in [-0.2, -0.15) is 0 Å². The molecule has 3 atom stereocenters.